The summed E-state index contributed by atoms with van der Waals surface area (Å²) < 4.78 is 0. The van der Waals surface area contributed by atoms with Crippen LogP contribution in [-0.4, -0.2) is 38.5 Å². The maximum Gasteiger partial charge on any atom is 0.248 e. The molecule has 2 aromatic rings. The number of hydrogen-bond donors (Lipinski definition) is 0. The minimum atomic E-state index is -0.628. The summed E-state index contributed by atoms with van der Waals surface area (Å²) in [5.41, 5.74) is 0.112. The van der Waals surface area contributed by atoms with Crippen molar-refractivity contribution in [3.05, 3.63) is 46.8 Å². The van der Waals surface area contributed by atoms with Crippen molar-refractivity contribution in [1.29, 1.82) is 0 Å². The number of benzene rings is 1. The Morgan fingerprint density at radius 3 is 1.68 bits per heavy atom. The van der Waals surface area contributed by atoms with Crippen LogP contribution in [0.2, 0.25) is 0 Å². The van der Waals surface area contributed by atoms with Crippen LogP contribution >= 0.6 is 0 Å². The zero-order chi connectivity index (χ0) is 16.0. The quantitative estimate of drug-likeness (QED) is 0.630. The Morgan fingerprint density at radius 2 is 1.32 bits per heavy atom. The van der Waals surface area contributed by atoms with Gasteiger partial charge in [-0.15, -0.1) is 15.2 Å². The van der Waals surface area contributed by atoms with Crippen LogP contribution in [0.5, 0.6) is 0 Å². The van der Waals surface area contributed by atoms with Gasteiger partial charge in [-0.3, -0.25) is 19.2 Å². The predicted octanol–water partition coefficient (Wildman–Crippen LogP) is 0.0845. The lowest BCUT2D eigenvalue weighted by molar-refractivity contribution is -0.127. The van der Waals surface area contributed by atoms with Crippen LogP contribution in [0.1, 0.15) is 46.0 Å². The molecule has 0 fully saturated rings. The molecule has 8 nitrogen and oxygen atoms in total. The fourth-order valence-corrected chi connectivity index (χ4v) is 2.30. The van der Waals surface area contributed by atoms with Crippen molar-refractivity contribution >= 4 is 23.4 Å². The molecule has 1 heterocycles. The molecule has 0 saturated carbocycles. The van der Waals surface area contributed by atoms with Gasteiger partial charge >= 0.3 is 0 Å². The lowest BCUT2D eigenvalue weighted by Crippen LogP contribution is -2.44. The second-order valence-corrected chi connectivity index (χ2v) is 4.72. The number of fused-ring (bicyclic) bond motifs is 2. The van der Waals surface area contributed by atoms with Crippen molar-refractivity contribution in [2.45, 2.75) is 13.8 Å². The number of rotatable bonds is 1. The van der Waals surface area contributed by atoms with E-state index in [1.165, 1.54) is 12.1 Å². The molecule has 1 aromatic carbocycles. The van der Waals surface area contributed by atoms with Crippen LogP contribution < -0.4 is 5.01 Å². The van der Waals surface area contributed by atoms with E-state index in [1.807, 2.05) is 0 Å². The molecule has 8 heteroatoms. The van der Waals surface area contributed by atoms with E-state index < -0.39 is 23.4 Å². The molecule has 0 spiro atoms. The maximum atomic E-state index is 12.4. The zero-order valence-corrected chi connectivity index (χ0v) is 11.7. The molecule has 0 atom stereocenters. The van der Waals surface area contributed by atoms with Crippen molar-refractivity contribution in [2.75, 3.05) is 5.01 Å². The molecule has 0 N–H and O–H groups in total. The summed E-state index contributed by atoms with van der Waals surface area (Å²) in [6.45, 7) is 2.31. The van der Waals surface area contributed by atoms with Crippen molar-refractivity contribution in [3.63, 3.8) is 0 Å². The smallest absolute Gasteiger partial charge is 0.248 e. The summed E-state index contributed by atoms with van der Waals surface area (Å²) in [4.78, 5) is 48.5. The molecular formula is C14H10N4O4. The van der Waals surface area contributed by atoms with Crippen LogP contribution in [0.25, 0.3) is 0 Å². The van der Waals surface area contributed by atoms with E-state index in [0.29, 0.717) is 9.91 Å². The minimum absolute atomic E-state index is 0.170. The lowest BCUT2D eigenvalue weighted by Gasteiger charge is -2.13. The highest BCUT2D eigenvalue weighted by molar-refractivity contribution is 6.26. The van der Waals surface area contributed by atoms with Crippen molar-refractivity contribution in [1.82, 2.24) is 15.1 Å². The standard InChI is InChI=1S/C14H10N4O4/c1-7(19)17(8(2)20)18-15-11-12(16-18)14(22)10-6-4-3-5-9(10)13(11)21/h3-6H,1-2H3. The largest absolute Gasteiger partial charge is 0.287 e. The van der Waals surface area contributed by atoms with E-state index >= 15 is 0 Å². The van der Waals surface area contributed by atoms with Gasteiger partial charge in [-0.2, -0.15) is 0 Å². The maximum absolute atomic E-state index is 12.4. The van der Waals surface area contributed by atoms with E-state index in [2.05, 4.69) is 10.2 Å². The Morgan fingerprint density at radius 1 is 0.909 bits per heavy atom. The number of hydrogen-bond acceptors (Lipinski definition) is 6. The Balaban J connectivity index is 2.17. The molecule has 1 aliphatic carbocycles. The van der Waals surface area contributed by atoms with Gasteiger partial charge in [0.1, 0.15) is 0 Å². The fourth-order valence-electron chi connectivity index (χ4n) is 2.30. The van der Waals surface area contributed by atoms with Crippen molar-refractivity contribution < 1.29 is 19.2 Å². The monoisotopic (exact) mass is 298 g/mol. The highest BCUT2D eigenvalue weighted by Gasteiger charge is 2.35. The molecule has 3 rings (SSSR count). The van der Waals surface area contributed by atoms with Gasteiger partial charge in [-0.05, 0) is 0 Å². The normalized spacial score (nSPS) is 12.6. The summed E-state index contributed by atoms with van der Waals surface area (Å²) in [6, 6.07) is 6.31. The van der Waals surface area contributed by atoms with Gasteiger partial charge in [0.15, 0.2) is 11.4 Å². The van der Waals surface area contributed by atoms with Crippen molar-refractivity contribution in [2.24, 2.45) is 0 Å². The predicted molar refractivity (Wildman–Crippen MR) is 72.9 cm³/mol. The second kappa shape index (κ2) is 4.69. The van der Waals surface area contributed by atoms with Gasteiger partial charge in [-0.25, -0.2) is 0 Å². The van der Waals surface area contributed by atoms with Gasteiger partial charge in [0.2, 0.25) is 23.4 Å². The van der Waals surface area contributed by atoms with Crippen LogP contribution in [-0.2, 0) is 9.59 Å². The summed E-state index contributed by atoms with van der Waals surface area (Å²) in [5.74, 6) is -2.19. The van der Waals surface area contributed by atoms with Gasteiger partial charge in [0.25, 0.3) is 0 Å². The first-order valence-corrected chi connectivity index (χ1v) is 6.39. The number of amides is 2. The molecule has 1 aromatic heterocycles. The Hall–Kier alpha value is -3.16. The topological polar surface area (TPSA) is 102 Å². The molecular weight excluding hydrogens is 288 g/mol. The summed E-state index contributed by atoms with van der Waals surface area (Å²) >= 11 is 0. The number of imide groups is 1. The Labute approximate surface area is 124 Å². The molecule has 2 amide bonds. The molecule has 0 saturated heterocycles. The van der Waals surface area contributed by atoms with E-state index in [-0.39, 0.29) is 22.5 Å². The lowest BCUT2D eigenvalue weighted by atomic mass is 9.90. The van der Waals surface area contributed by atoms with Gasteiger partial charge in [0.05, 0.1) is 0 Å². The third-order valence-corrected chi connectivity index (χ3v) is 3.23. The van der Waals surface area contributed by atoms with Gasteiger partial charge in [-0.1, -0.05) is 29.2 Å². The van der Waals surface area contributed by atoms with E-state index in [9.17, 15) is 19.2 Å². The molecule has 0 unspecified atom stereocenters. The molecule has 1 aliphatic rings. The average Bonchev–Trinajstić information content (AvgIpc) is 2.89. The van der Waals surface area contributed by atoms with Crippen molar-refractivity contribution in [3.8, 4) is 0 Å². The van der Waals surface area contributed by atoms with Crippen LogP contribution in [0.4, 0.5) is 0 Å². The minimum Gasteiger partial charge on any atom is -0.287 e. The molecule has 110 valence electrons. The molecule has 0 radical (unpaired) electrons. The highest BCUT2D eigenvalue weighted by Crippen LogP contribution is 2.24. The van der Waals surface area contributed by atoms with Crippen LogP contribution in [0.3, 0.4) is 0 Å². The van der Waals surface area contributed by atoms with Gasteiger partial charge < -0.3 is 0 Å². The Kier molecular flexibility index (Phi) is 2.94. The summed E-state index contributed by atoms with van der Waals surface area (Å²) in [5, 5.41) is 8.33. The SMILES string of the molecule is CC(=O)N(C(C)=O)n1nc2c(n1)C(=O)c1ccccc1C2=O. The van der Waals surface area contributed by atoms with E-state index in [4.69, 9.17) is 0 Å². The van der Waals surface area contributed by atoms with E-state index in [0.717, 1.165) is 13.8 Å². The van der Waals surface area contributed by atoms with Gasteiger partial charge in [0, 0.05) is 25.0 Å². The fraction of sp³-hybridized carbons (Fsp3) is 0.143. The highest BCUT2D eigenvalue weighted by atomic mass is 16.2. The molecule has 0 aliphatic heterocycles. The summed E-state index contributed by atoms with van der Waals surface area (Å²) in [6.07, 6.45) is 0. The average molecular weight is 298 g/mol. The first-order chi connectivity index (χ1) is 10.4. The van der Waals surface area contributed by atoms with E-state index in [1.54, 1.807) is 12.1 Å². The third-order valence-electron chi connectivity index (χ3n) is 3.23. The molecule has 0 bridgehead atoms. The number of ketones is 2. The zero-order valence-electron chi connectivity index (χ0n) is 11.7. The van der Waals surface area contributed by atoms with Crippen LogP contribution in [0, 0.1) is 0 Å². The number of nitrogens with zero attached hydrogens (tertiary/aromatic N) is 4. The third kappa shape index (κ3) is 1.85. The second-order valence-electron chi connectivity index (χ2n) is 4.72. The first-order valence-electron chi connectivity index (χ1n) is 6.39. The Bertz CT molecular complexity index is 786. The number of carbonyl (C=O) groups excluding carboxylic acids is 4. The number of carbonyl (C=O) groups is 4. The summed E-state index contributed by atoms with van der Waals surface area (Å²) in [7, 11) is 0. The first kappa shape index (κ1) is 13.8. The number of aromatic nitrogens is 3. The van der Waals surface area contributed by atoms with Crippen LogP contribution in [0.15, 0.2) is 24.3 Å². The molecule has 22 heavy (non-hydrogen) atoms.